The average molecular weight is 413 g/mol. The Hall–Kier alpha value is -3.75. The van der Waals surface area contributed by atoms with E-state index in [4.69, 9.17) is 18.9 Å². The van der Waals surface area contributed by atoms with Gasteiger partial charge in [-0.25, -0.2) is 5.43 Å². The van der Waals surface area contributed by atoms with Crippen molar-refractivity contribution in [3.63, 3.8) is 0 Å². The number of carbonyl (C=O) groups is 2. The third kappa shape index (κ3) is 5.19. The number of hydrogen-bond acceptors (Lipinski definition) is 7. The molecule has 0 aliphatic carbocycles. The van der Waals surface area contributed by atoms with E-state index < -0.39 is 5.91 Å². The highest BCUT2D eigenvalue weighted by molar-refractivity contribution is 6.06. The molecule has 1 heterocycles. The molecular weight excluding hydrogens is 390 g/mol. The second-order valence-electron chi connectivity index (χ2n) is 6.44. The maximum atomic E-state index is 12.4. The zero-order chi connectivity index (χ0) is 21.5. The number of rotatable bonds is 7. The first-order valence-electron chi connectivity index (χ1n) is 9.25. The number of fused-ring (bicyclic) bond motifs is 1. The lowest BCUT2D eigenvalue weighted by Crippen LogP contribution is -2.22. The van der Waals surface area contributed by atoms with Gasteiger partial charge < -0.3 is 24.3 Å². The van der Waals surface area contributed by atoms with Crippen molar-refractivity contribution in [2.45, 2.75) is 13.3 Å². The van der Waals surface area contributed by atoms with Crippen LogP contribution < -0.4 is 29.7 Å². The minimum Gasteiger partial charge on any atom is -0.497 e. The van der Waals surface area contributed by atoms with Crippen LogP contribution >= 0.6 is 0 Å². The molecule has 158 valence electrons. The summed E-state index contributed by atoms with van der Waals surface area (Å²) in [5.41, 5.74) is 3.76. The average Bonchev–Trinajstić information content (AvgIpc) is 2.76. The Morgan fingerprint density at radius 3 is 2.53 bits per heavy atom. The summed E-state index contributed by atoms with van der Waals surface area (Å²) in [4.78, 5) is 24.6. The third-order valence-corrected chi connectivity index (χ3v) is 4.24. The highest BCUT2D eigenvalue weighted by atomic mass is 16.6. The van der Waals surface area contributed by atoms with Crippen LogP contribution in [0.1, 0.15) is 23.7 Å². The van der Waals surface area contributed by atoms with Gasteiger partial charge in [0.1, 0.15) is 24.7 Å². The smallest absolute Gasteiger partial charge is 0.275 e. The molecular formula is C21H23N3O6. The van der Waals surface area contributed by atoms with Crippen molar-refractivity contribution in [3.8, 4) is 23.0 Å². The Labute approximate surface area is 174 Å². The summed E-state index contributed by atoms with van der Waals surface area (Å²) < 4.78 is 21.3. The van der Waals surface area contributed by atoms with Crippen molar-refractivity contribution >= 4 is 23.2 Å². The van der Waals surface area contributed by atoms with Gasteiger partial charge in [0.05, 0.1) is 26.2 Å². The number of ether oxygens (including phenoxy) is 4. The van der Waals surface area contributed by atoms with E-state index in [2.05, 4.69) is 15.8 Å². The number of benzene rings is 2. The summed E-state index contributed by atoms with van der Waals surface area (Å²) in [6, 6.07) is 10.0. The molecule has 2 aromatic carbocycles. The van der Waals surface area contributed by atoms with Crippen molar-refractivity contribution in [1.82, 2.24) is 5.43 Å². The molecule has 2 aromatic rings. The zero-order valence-corrected chi connectivity index (χ0v) is 17.0. The van der Waals surface area contributed by atoms with Crippen molar-refractivity contribution < 1.29 is 28.5 Å². The number of carbonyl (C=O) groups excluding carboxylic acids is 2. The maximum absolute atomic E-state index is 12.4. The third-order valence-electron chi connectivity index (χ3n) is 4.24. The largest absolute Gasteiger partial charge is 0.497 e. The molecule has 2 amide bonds. The van der Waals surface area contributed by atoms with E-state index in [9.17, 15) is 9.59 Å². The predicted molar refractivity (Wildman–Crippen MR) is 111 cm³/mol. The molecule has 0 unspecified atom stereocenters. The molecule has 3 rings (SSSR count). The van der Waals surface area contributed by atoms with Gasteiger partial charge in [0.2, 0.25) is 5.91 Å². The maximum Gasteiger partial charge on any atom is 0.275 e. The van der Waals surface area contributed by atoms with Gasteiger partial charge >= 0.3 is 0 Å². The van der Waals surface area contributed by atoms with E-state index in [1.54, 1.807) is 43.3 Å². The first-order valence-corrected chi connectivity index (χ1v) is 9.25. The molecule has 30 heavy (non-hydrogen) atoms. The molecule has 2 N–H and O–H groups in total. The second-order valence-corrected chi connectivity index (χ2v) is 6.44. The molecule has 0 radical (unpaired) electrons. The van der Waals surface area contributed by atoms with Crippen LogP contribution in [0.4, 0.5) is 5.69 Å². The van der Waals surface area contributed by atoms with E-state index >= 15 is 0 Å². The standard InChI is InChI=1S/C21H23N3O6/c1-13(23-24-21(26)16-6-5-15(27-2)12-18(16)28-3)10-20(25)22-14-4-7-17-19(11-14)30-9-8-29-17/h4-7,11-12H,8-10H2,1-3H3,(H,22,25)(H,24,26)/b23-13-. The second kappa shape index (κ2) is 9.64. The van der Waals surface area contributed by atoms with E-state index in [-0.39, 0.29) is 12.3 Å². The summed E-state index contributed by atoms with van der Waals surface area (Å²) in [5, 5.41) is 6.77. The van der Waals surface area contributed by atoms with Crippen molar-refractivity contribution in [1.29, 1.82) is 0 Å². The number of nitrogens with zero attached hydrogens (tertiary/aromatic N) is 1. The van der Waals surface area contributed by atoms with Crippen LogP contribution in [0.2, 0.25) is 0 Å². The molecule has 9 heteroatoms. The number of nitrogens with one attached hydrogen (secondary N) is 2. The molecule has 0 aromatic heterocycles. The lowest BCUT2D eigenvalue weighted by atomic mass is 10.2. The van der Waals surface area contributed by atoms with Gasteiger partial charge in [-0.15, -0.1) is 0 Å². The summed E-state index contributed by atoms with van der Waals surface area (Å²) in [5.74, 6) is 1.43. The van der Waals surface area contributed by atoms with Gasteiger partial charge in [-0.2, -0.15) is 5.10 Å². The van der Waals surface area contributed by atoms with E-state index in [0.29, 0.717) is 53.2 Å². The molecule has 1 aliphatic rings. The van der Waals surface area contributed by atoms with Crippen molar-refractivity contribution in [3.05, 3.63) is 42.0 Å². The highest BCUT2D eigenvalue weighted by Gasteiger charge is 2.15. The van der Waals surface area contributed by atoms with Gasteiger partial charge in [0, 0.05) is 23.5 Å². The van der Waals surface area contributed by atoms with Crippen molar-refractivity contribution in [2.75, 3.05) is 32.8 Å². The molecule has 0 saturated heterocycles. The fourth-order valence-corrected chi connectivity index (χ4v) is 2.79. The molecule has 1 aliphatic heterocycles. The SMILES string of the molecule is COc1ccc(C(=O)N/N=C(/C)CC(=O)Nc2ccc3c(c2)OCCO3)c(OC)c1. The molecule has 0 spiro atoms. The summed E-state index contributed by atoms with van der Waals surface area (Å²) in [6.45, 7) is 2.62. The van der Waals surface area contributed by atoms with Crippen LogP contribution in [-0.2, 0) is 4.79 Å². The normalized spacial score (nSPS) is 12.7. The summed E-state index contributed by atoms with van der Waals surface area (Å²) >= 11 is 0. The number of hydrazone groups is 1. The Balaban J connectivity index is 1.57. The topological polar surface area (TPSA) is 107 Å². The van der Waals surface area contributed by atoms with Gasteiger partial charge in [0.15, 0.2) is 11.5 Å². The van der Waals surface area contributed by atoms with E-state index in [1.807, 2.05) is 0 Å². The molecule has 0 fully saturated rings. The zero-order valence-electron chi connectivity index (χ0n) is 17.0. The predicted octanol–water partition coefficient (Wildman–Crippen LogP) is 2.61. The number of methoxy groups -OCH3 is 2. The fraction of sp³-hybridized carbons (Fsp3) is 0.286. The van der Waals surface area contributed by atoms with Gasteiger partial charge in [-0.1, -0.05) is 0 Å². The van der Waals surface area contributed by atoms with E-state index in [1.165, 1.54) is 14.2 Å². The first kappa shape index (κ1) is 21.0. The molecule has 0 saturated carbocycles. The van der Waals surface area contributed by atoms with Crippen LogP contribution in [0.25, 0.3) is 0 Å². The molecule has 0 bridgehead atoms. The Bertz CT molecular complexity index is 973. The van der Waals surface area contributed by atoms with Crippen molar-refractivity contribution in [2.24, 2.45) is 5.10 Å². The van der Waals surface area contributed by atoms with Crippen LogP contribution in [0, 0.1) is 0 Å². The Morgan fingerprint density at radius 1 is 1.03 bits per heavy atom. The minimum absolute atomic E-state index is 0.00840. The quantitative estimate of drug-likeness (QED) is 0.534. The Kier molecular flexibility index (Phi) is 6.74. The Morgan fingerprint density at radius 2 is 1.80 bits per heavy atom. The van der Waals surface area contributed by atoms with Crippen LogP contribution in [0.15, 0.2) is 41.5 Å². The number of amides is 2. The summed E-state index contributed by atoms with van der Waals surface area (Å²) in [7, 11) is 2.99. The molecule has 9 nitrogen and oxygen atoms in total. The highest BCUT2D eigenvalue weighted by Crippen LogP contribution is 2.32. The van der Waals surface area contributed by atoms with Crippen LogP contribution in [0.3, 0.4) is 0 Å². The van der Waals surface area contributed by atoms with Gasteiger partial charge in [0.25, 0.3) is 5.91 Å². The molecule has 0 atom stereocenters. The van der Waals surface area contributed by atoms with Crippen LogP contribution in [0.5, 0.6) is 23.0 Å². The monoisotopic (exact) mass is 413 g/mol. The number of anilines is 1. The number of hydrogen-bond donors (Lipinski definition) is 2. The summed E-state index contributed by atoms with van der Waals surface area (Å²) in [6.07, 6.45) is 0.00840. The van der Waals surface area contributed by atoms with Gasteiger partial charge in [-0.05, 0) is 31.2 Å². The lowest BCUT2D eigenvalue weighted by molar-refractivity contribution is -0.115. The first-order chi connectivity index (χ1) is 14.5. The fourth-order valence-electron chi connectivity index (χ4n) is 2.79. The van der Waals surface area contributed by atoms with Crippen LogP contribution in [-0.4, -0.2) is 45.0 Å². The van der Waals surface area contributed by atoms with E-state index in [0.717, 1.165) is 0 Å². The lowest BCUT2D eigenvalue weighted by Gasteiger charge is -2.19. The minimum atomic E-state index is -0.457. The van der Waals surface area contributed by atoms with Gasteiger partial charge in [-0.3, -0.25) is 9.59 Å².